The second-order valence-corrected chi connectivity index (χ2v) is 16.8. The molecular formula is C44H82NO9PS. The topological polar surface area (TPSA) is 137 Å². The van der Waals surface area contributed by atoms with Crippen LogP contribution in [0.25, 0.3) is 0 Å². The molecule has 0 rings (SSSR count). The number of phosphoric ester groups is 1. The number of nitrogens with one attached hydrogen (secondary N) is 1. The number of phosphoric acid groups is 1. The first-order valence-electron chi connectivity index (χ1n) is 22.4. The van der Waals surface area contributed by atoms with Crippen molar-refractivity contribution in [1.82, 2.24) is 5.32 Å². The van der Waals surface area contributed by atoms with Gasteiger partial charge in [0.2, 0.25) is 5.91 Å². The molecule has 0 saturated carbocycles. The van der Waals surface area contributed by atoms with E-state index in [1.165, 1.54) is 83.5 Å². The Morgan fingerprint density at radius 1 is 0.589 bits per heavy atom. The van der Waals surface area contributed by atoms with Crippen molar-refractivity contribution in [2.24, 2.45) is 0 Å². The first kappa shape index (κ1) is 54.3. The number of thiol groups is 1. The van der Waals surface area contributed by atoms with Crippen LogP contribution in [0, 0.1) is 0 Å². The predicted molar refractivity (Wildman–Crippen MR) is 233 cm³/mol. The van der Waals surface area contributed by atoms with Crippen LogP contribution in [0.1, 0.15) is 200 Å². The summed E-state index contributed by atoms with van der Waals surface area (Å²) in [4.78, 5) is 46.9. The zero-order valence-corrected chi connectivity index (χ0v) is 37.3. The molecule has 56 heavy (non-hydrogen) atoms. The fraction of sp³-hybridized carbons (Fsp3) is 0.841. The average Bonchev–Trinajstić information content (AvgIpc) is 3.17. The standard InChI is InChI=1S/C44H82NO9PS/c1-3-5-7-9-11-13-15-17-19-21-23-25-27-29-31-33-43(47)51-39-41(40-53-55(49,50)52-37-36-45-42(46)35-38-56)54-44(48)34-32-30-28-26-24-22-20-18-16-14-12-10-8-6-4-2/h17-20,41,56H,3-16,21-40H2,1-2H3,(H,45,46)(H,49,50)/b19-17-,20-18-/t41-/m1/s1. The number of allylic oxidation sites excluding steroid dienone is 4. The summed E-state index contributed by atoms with van der Waals surface area (Å²) in [6.07, 6.45) is 38.9. The van der Waals surface area contributed by atoms with Crippen LogP contribution in [-0.2, 0) is 37.5 Å². The Bertz CT molecular complexity index is 1040. The average molecular weight is 832 g/mol. The lowest BCUT2D eigenvalue weighted by molar-refractivity contribution is -0.161. The van der Waals surface area contributed by atoms with Gasteiger partial charge in [0.1, 0.15) is 6.61 Å². The van der Waals surface area contributed by atoms with Crippen molar-refractivity contribution in [1.29, 1.82) is 0 Å². The van der Waals surface area contributed by atoms with Crippen molar-refractivity contribution < 1.29 is 42.4 Å². The molecule has 0 spiro atoms. The quantitative estimate of drug-likeness (QED) is 0.0180. The predicted octanol–water partition coefficient (Wildman–Crippen LogP) is 12.1. The maximum Gasteiger partial charge on any atom is 0.472 e. The van der Waals surface area contributed by atoms with Gasteiger partial charge in [0, 0.05) is 25.8 Å². The molecule has 12 heteroatoms. The summed E-state index contributed by atoms with van der Waals surface area (Å²) in [6.45, 7) is 3.47. The molecule has 10 nitrogen and oxygen atoms in total. The minimum atomic E-state index is -4.52. The number of ether oxygens (including phenoxy) is 2. The molecule has 1 amide bonds. The highest BCUT2D eigenvalue weighted by atomic mass is 32.1. The SMILES string of the molecule is CCCCCCCC/C=C\CCCCCCCC(=O)OC[C@H](COP(=O)(O)OCCNC(=O)CCS)OC(=O)CCCCCCC/C=C\CCCCCCCC. The Kier molecular flexibility index (Phi) is 40.3. The number of hydrogen-bond acceptors (Lipinski definition) is 9. The number of carbonyl (C=O) groups is 3. The van der Waals surface area contributed by atoms with E-state index >= 15 is 0 Å². The molecule has 0 saturated heterocycles. The highest BCUT2D eigenvalue weighted by Gasteiger charge is 2.26. The van der Waals surface area contributed by atoms with Crippen molar-refractivity contribution in [3.8, 4) is 0 Å². The van der Waals surface area contributed by atoms with Gasteiger partial charge < -0.3 is 19.7 Å². The minimum absolute atomic E-state index is 0.0167. The van der Waals surface area contributed by atoms with Crippen molar-refractivity contribution in [3.63, 3.8) is 0 Å². The van der Waals surface area contributed by atoms with E-state index in [0.717, 1.165) is 70.6 Å². The molecule has 0 aliphatic rings. The number of rotatable bonds is 42. The molecule has 328 valence electrons. The summed E-state index contributed by atoms with van der Waals surface area (Å²) in [7, 11) is -4.52. The van der Waals surface area contributed by atoms with Gasteiger partial charge in [-0.3, -0.25) is 23.4 Å². The van der Waals surface area contributed by atoms with Gasteiger partial charge in [-0.25, -0.2) is 4.57 Å². The molecule has 0 aliphatic heterocycles. The highest BCUT2D eigenvalue weighted by molar-refractivity contribution is 7.80. The third-order valence-corrected chi connectivity index (χ3v) is 10.7. The first-order valence-corrected chi connectivity index (χ1v) is 24.5. The number of carbonyl (C=O) groups excluding carboxylic acids is 3. The number of amides is 1. The van der Waals surface area contributed by atoms with Crippen molar-refractivity contribution in [2.45, 2.75) is 206 Å². The van der Waals surface area contributed by atoms with Crippen molar-refractivity contribution in [3.05, 3.63) is 24.3 Å². The fourth-order valence-corrected chi connectivity index (χ4v) is 7.01. The second-order valence-electron chi connectivity index (χ2n) is 14.9. The van der Waals surface area contributed by atoms with Crippen LogP contribution >= 0.6 is 20.5 Å². The number of esters is 2. The Hall–Kier alpha value is -1.65. The summed E-state index contributed by atoms with van der Waals surface area (Å²) < 4.78 is 33.4. The Labute approximate surface area is 347 Å². The van der Waals surface area contributed by atoms with E-state index in [0.29, 0.717) is 18.6 Å². The zero-order valence-electron chi connectivity index (χ0n) is 35.5. The monoisotopic (exact) mass is 832 g/mol. The summed E-state index contributed by atoms with van der Waals surface area (Å²) in [5, 5.41) is 2.55. The third kappa shape index (κ3) is 40.5. The molecule has 0 heterocycles. The fourth-order valence-electron chi connectivity index (χ4n) is 6.06. The molecule has 2 N–H and O–H groups in total. The lowest BCUT2D eigenvalue weighted by Gasteiger charge is -2.20. The lowest BCUT2D eigenvalue weighted by Crippen LogP contribution is -2.30. The van der Waals surface area contributed by atoms with Gasteiger partial charge in [-0.2, -0.15) is 12.6 Å². The smallest absolute Gasteiger partial charge is 0.462 e. The molecule has 0 radical (unpaired) electrons. The zero-order chi connectivity index (χ0) is 41.2. The third-order valence-electron chi connectivity index (χ3n) is 9.45. The van der Waals surface area contributed by atoms with E-state index in [-0.39, 0.29) is 44.9 Å². The van der Waals surface area contributed by atoms with Crippen LogP contribution in [0.3, 0.4) is 0 Å². The van der Waals surface area contributed by atoms with Gasteiger partial charge >= 0.3 is 19.8 Å². The van der Waals surface area contributed by atoms with Gasteiger partial charge in [0.15, 0.2) is 6.10 Å². The van der Waals surface area contributed by atoms with Gasteiger partial charge in [-0.1, -0.05) is 141 Å². The summed E-state index contributed by atoms with van der Waals surface area (Å²) in [5.41, 5.74) is 0. The van der Waals surface area contributed by atoms with Crippen LogP contribution in [0.4, 0.5) is 0 Å². The molecule has 0 aliphatic carbocycles. The molecule has 0 bridgehead atoms. The van der Waals surface area contributed by atoms with E-state index in [1.54, 1.807) is 0 Å². The van der Waals surface area contributed by atoms with E-state index in [9.17, 15) is 23.8 Å². The first-order chi connectivity index (χ1) is 27.2. The largest absolute Gasteiger partial charge is 0.472 e. The molecule has 0 aromatic rings. The van der Waals surface area contributed by atoms with Crippen molar-refractivity contribution in [2.75, 3.05) is 32.1 Å². The van der Waals surface area contributed by atoms with Crippen LogP contribution in [-0.4, -0.2) is 61.0 Å². The molecule has 2 atom stereocenters. The maximum absolute atomic E-state index is 12.7. The van der Waals surface area contributed by atoms with Crippen molar-refractivity contribution >= 4 is 38.3 Å². The normalized spacial score (nSPS) is 13.3. The molecular weight excluding hydrogens is 750 g/mol. The molecule has 0 aromatic heterocycles. The summed E-state index contributed by atoms with van der Waals surface area (Å²) in [5.74, 6) is -0.765. The molecule has 0 fully saturated rings. The van der Waals surface area contributed by atoms with E-state index in [1.807, 2.05) is 0 Å². The number of unbranched alkanes of at least 4 members (excludes halogenated alkanes) is 22. The lowest BCUT2D eigenvalue weighted by atomic mass is 10.1. The second kappa shape index (κ2) is 41.5. The molecule has 0 aromatic carbocycles. The Morgan fingerprint density at radius 2 is 1.02 bits per heavy atom. The summed E-state index contributed by atoms with van der Waals surface area (Å²) >= 11 is 3.99. The van der Waals surface area contributed by atoms with Gasteiger partial charge in [0.05, 0.1) is 13.2 Å². The van der Waals surface area contributed by atoms with E-state index in [2.05, 4.69) is 56.1 Å². The number of hydrogen-bond donors (Lipinski definition) is 3. The van der Waals surface area contributed by atoms with E-state index in [4.69, 9.17) is 18.5 Å². The van der Waals surface area contributed by atoms with Crippen LogP contribution in [0.15, 0.2) is 24.3 Å². The highest BCUT2D eigenvalue weighted by Crippen LogP contribution is 2.43. The minimum Gasteiger partial charge on any atom is -0.462 e. The van der Waals surface area contributed by atoms with Crippen LogP contribution < -0.4 is 5.32 Å². The maximum atomic E-state index is 12.7. The molecule has 1 unspecified atom stereocenters. The van der Waals surface area contributed by atoms with Crippen LogP contribution in [0.2, 0.25) is 0 Å². The Morgan fingerprint density at radius 3 is 1.48 bits per heavy atom. The van der Waals surface area contributed by atoms with Gasteiger partial charge in [0.25, 0.3) is 0 Å². The van der Waals surface area contributed by atoms with Gasteiger partial charge in [-0.15, -0.1) is 0 Å². The summed E-state index contributed by atoms with van der Waals surface area (Å²) in [6, 6.07) is 0. The van der Waals surface area contributed by atoms with E-state index < -0.39 is 32.5 Å². The van der Waals surface area contributed by atoms with Crippen LogP contribution in [0.5, 0.6) is 0 Å². The Balaban J connectivity index is 4.45. The van der Waals surface area contributed by atoms with Gasteiger partial charge in [-0.05, 0) is 70.0 Å².